The second-order valence-corrected chi connectivity index (χ2v) is 10.5. The summed E-state index contributed by atoms with van der Waals surface area (Å²) in [4.78, 5) is 0. The van der Waals surface area contributed by atoms with E-state index in [1.165, 1.54) is 24.3 Å². The van der Waals surface area contributed by atoms with Crippen LogP contribution in [0, 0.1) is 17.0 Å². The number of benzene rings is 2. The van der Waals surface area contributed by atoms with Crippen molar-refractivity contribution in [2.24, 2.45) is 5.41 Å². The summed E-state index contributed by atoms with van der Waals surface area (Å²) in [5, 5.41) is 0. The van der Waals surface area contributed by atoms with Gasteiger partial charge in [-0.3, -0.25) is 0 Å². The van der Waals surface area contributed by atoms with Crippen molar-refractivity contribution < 1.29 is 21.9 Å². The van der Waals surface area contributed by atoms with E-state index in [0.717, 1.165) is 0 Å². The highest BCUT2D eigenvalue weighted by atomic mass is 32.2. The van der Waals surface area contributed by atoms with E-state index in [2.05, 4.69) is 20.8 Å². The molecule has 0 bridgehead atoms. The minimum absolute atomic E-state index is 0.00995. The van der Waals surface area contributed by atoms with Gasteiger partial charge in [0.05, 0.1) is 18.1 Å². The number of halogens is 2. The summed E-state index contributed by atoms with van der Waals surface area (Å²) in [7, 11) is -3.38. The van der Waals surface area contributed by atoms with Gasteiger partial charge in [0.1, 0.15) is 11.6 Å². The van der Waals surface area contributed by atoms with Gasteiger partial charge in [-0.25, -0.2) is 17.2 Å². The largest absolute Gasteiger partial charge is 0.381 e. The van der Waals surface area contributed by atoms with Crippen LogP contribution >= 0.6 is 0 Å². The quantitative estimate of drug-likeness (QED) is 0.549. The third kappa shape index (κ3) is 7.68. The molecule has 0 unspecified atom stereocenters. The fraction of sp³-hybridized carbons (Fsp3) is 0.455. The van der Waals surface area contributed by atoms with Gasteiger partial charge in [0.25, 0.3) is 0 Å². The normalized spacial score (nSPS) is 12.5. The second-order valence-electron chi connectivity index (χ2n) is 8.24. The van der Waals surface area contributed by atoms with Crippen LogP contribution in [0.2, 0.25) is 0 Å². The number of ether oxygens (including phenoxy) is 1. The zero-order chi connectivity index (χ0) is 20.8. The van der Waals surface area contributed by atoms with E-state index >= 15 is 0 Å². The van der Waals surface area contributed by atoms with E-state index in [1.54, 1.807) is 24.3 Å². The van der Waals surface area contributed by atoms with Crippen molar-refractivity contribution in [2.45, 2.75) is 33.1 Å². The van der Waals surface area contributed by atoms with Gasteiger partial charge in [-0.1, -0.05) is 45.0 Å². The van der Waals surface area contributed by atoms with Crippen molar-refractivity contribution in [1.29, 1.82) is 0 Å². The zero-order valence-corrected chi connectivity index (χ0v) is 17.4. The number of sulfone groups is 1. The molecule has 0 spiro atoms. The van der Waals surface area contributed by atoms with Gasteiger partial charge < -0.3 is 4.74 Å². The van der Waals surface area contributed by atoms with Crippen LogP contribution in [0.15, 0.2) is 48.5 Å². The Hall–Kier alpha value is -1.79. The first kappa shape index (κ1) is 22.5. The summed E-state index contributed by atoms with van der Waals surface area (Å²) in [6.07, 6.45) is 0.415. The zero-order valence-electron chi connectivity index (χ0n) is 16.6. The summed E-state index contributed by atoms with van der Waals surface area (Å²) in [5.74, 6) is -1.37. The molecule has 0 N–H and O–H groups in total. The minimum atomic E-state index is -3.38. The fourth-order valence-electron chi connectivity index (χ4n) is 2.87. The maximum atomic E-state index is 13.3. The molecule has 0 atom stereocenters. The van der Waals surface area contributed by atoms with E-state index in [4.69, 9.17) is 4.74 Å². The van der Waals surface area contributed by atoms with Crippen molar-refractivity contribution in [3.63, 3.8) is 0 Å². The molecule has 0 aromatic heterocycles. The Labute approximate surface area is 166 Å². The average Bonchev–Trinajstić information content (AvgIpc) is 2.60. The lowest BCUT2D eigenvalue weighted by atomic mass is 9.93. The Morgan fingerprint density at radius 3 is 1.79 bits per heavy atom. The Balaban J connectivity index is 2.08. The first-order valence-electron chi connectivity index (χ1n) is 9.35. The fourth-order valence-corrected chi connectivity index (χ4v) is 4.49. The van der Waals surface area contributed by atoms with Gasteiger partial charge >= 0.3 is 0 Å². The van der Waals surface area contributed by atoms with Crippen LogP contribution < -0.4 is 0 Å². The van der Waals surface area contributed by atoms with Gasteiger partial charge in [-0.2, -0.15) is 0 Å². The Morgan fingerprint density at radius 1 is 0.893 bits per heavy atom. The van der Waals surface area contributed by atoms with Crippen molar-refractivity contribution in [1.82, 2.24) is 0 Å². The lowest BCUT2D eigenvalue weighted by molar-refractivity contribution is 0.0720. The predicted octanol–water partition coefficient (Wildman–Crippen LogP) is 4.96. The lowest BCUT2D eigenvalue weighted by Gasteiger charge is -2.19. The molecule has 6 heteroatoms. The van der Waals surface area contributed by atoms with E-state index < -0.39 is 15.8 Å². The second kappa shape index (κ2) is 9.61. The summed E-state index contributed by atoms with van der Waals surface area (Å²) < 4.78 is 57.5. The molecule has 0 heterocycles. The molecule has 2 aromatic rings. The molecule has 0 fully saturated rings. The first-order chi connectivity index (χ1) is 13.1. The van der Waals surface area contributed by atoms with Crippen molar-refractivity contribution in [3.05, 3.63) is 71.3 Å². The lowest BCUT2D eigenvalue weighted by Crippen LogP contribution is -2.21. The first-order valence-corrected chi connectivity index (χ1v) is 11.2. The smallest absolute Gasteiger partial charge is 0.151 e. The molecule has 0 aliphatic rings. The van der Waals surface area contributed by atoms with Gasteiger partial charge in [-0.15, -0.1) is 0 Å². The Bertz CT molecular complexity index is 793. The van der Waals surface area contributed by atoms with E-state index in [9.17, 15) is 17.2 Å². The van der Waals surface area contributed by atoms with Gasteiger partial charge in [0.15, 0.2) is 9.84 Å². The van der Waals surface area contributed by atoms with Crippen LogP contribution in [-0.4, -0.2) is 33.1 Å². The van der Waals surface area contributed by atoms with Crippen LogP contribution in [0.25, 0.3) is 0 Å². The van der Waals surface area contributed by atoms with Gasteiger partial charge in [-0.05, 0) is 47.2 Å². The molecular weight excluding hydrogens is 382 g/mol. The Kier molecular flexibility index (Phi) is 7.72. The molecule has 3 nitrogen and oxygen atoms in total. The van der Waals surface area contributed by atoms with Crippen LogP contribution in [0.4, 0.5) is 8.78 Å². The molecule has 0 saturated carbocycles. The number of hydrogen-bond acceptors (Lipinski definition) is 3. The third-order valence-electron chi connectivity index (χ3n) is 4.24. The maximum absolute atomic E-state index is 13.3. The molecule has 0 aliphatic carbocycles. The molecule has 2 aromatic carbocycles. The van der Waals surface area contributed by atoms with Crippen LogP contribution in [0.1, 0.15) is 44.2 Å². The highest BCUT2D eigenvalue weighted by Gasteiger charge is 2.23. The highest BCUT2D eigenvalue weighted by molar-refractivity contribution is 7.91. The monoisotopic (exact) mass is 410 g/mol. The van der Waals surface area contributed by atoms with E-state index in [1.807, 2.05) is 0 Å². The van der Waals surface area contributed by atoms with E-state index in [0.29, 0.717) is 30.8 Å². The minimum Gasteiger partial charge on any atom is -0.381 e. The predicted molar refractivity (Wildman–Crippen MR) is 108 cm³/mol. The molecular formula is C22H28F2O3S. The molecule has 0 radical (unpaired) electrons. The van der Waals surface area contributed by atoms with Crippen molar-refractivity contribution in [3.8, 4) is 0 Å². The van der Waals surface area contributed by atoms with Crippen LogP contribution in [-0.2, 0) is 14.6 Å². The number of rotatable bonds is 9. The summed E-state index contributed by atoms with van der Waals surface area (Å²) >= 11 is 0. The summed E-state index contributed by atoms with van der Waals surface area (Å²) in [6.45, 7) is 7.12. The van der Waals surface area contributed by atoms with Gasteiger partial charge in [0, 0.05) is 12.5 Å². The maximum Gasteiger partial charge on any atom is 0.151 e. The van der Waals surface area contributed by atoms with Crippen LogP contribution in [0.3, 0.4) is 0 Å². The molecule has 154 valence electrons. The van der Waals surface area contributed by atoms with Crippen molar-refractivity contribution >= 4 is 9.84 Å². The topological polar surface area (TPSA) is 43.4 Å². The molecule has 2 rings (SSSR count). The summed E-state index contributed by atoms with van der Waals surface area (Å²) in [5.41, 5.74) is 1.40. The molecule has 0 amide bonds. The average molecular weight is 411 g/mol. The highest BCUT2D eigenvalue weighted by Crippen LogP contribution is 2.27. The van der Waals surface area contributed by atoms with Gasteiger partial charge in [0.2, 0.25) is 0 Å². The SMILES string of the molecule is CC(C)(C)COCCCS(=O)(=O)CC(c1ccc(F)cc1)c1ccc(F)cc1. The molecule has 28 heavy (non-hydrogen) atoms. The standard InChI is InChI=1S/C22H28F2O3S/c1-22(2,3)16-27-13-4-14-28(25,26)15-21(17-5-9-19(23)10-6-17)18-7-11-20(24)12-8-18/h5-12,21H,4,13-16H2,1-3H3. The third-order valence-corrected chi connectivity index (χ3v) is 6.00. The Morgan fingerprint density at radius 2 is 1.36 bits per heavy atom. The van der Waals surface area contributed by atoms with Crippen molar-refractivity contribution in [2.75, 3.05) is 24.7 Å². The number of hydrogen-bond donors (Lipinski definition) is 0. The summed E-state index contributed by atoms with van der Waals surface area (Å²) in [6, 6.07) is 11.5. The molecule has 0 aliphatic heterocycles. The molecule has 0 saturated heterocycles. The van der Waals surface area contributed by atoms with Crippen LogP contribution in [0.5, 0.6) is 0 Å². The van der Waals surface area contributed by atoms with E-state index in [-0.39, 0.29) is 28.6 Å².